The highest BCUT2D eigenvalue weighted by atomic mass is 16.2. The summed E-state index contributed by atoms with van der Waals surface area (Å²) in [4.78, 5) is 14.1. The molecule has 96 valence electrons. The zero-order valence-electron chi connectivity index (χ0n) is 10.3. The SMILES string of the molecule is OCCCC1CCN(c2ncnc3[nH]ccc23)C1. The Labute approximate surface area is 106 Å². The minimum Gasteiger partial charge on any atom is -0.396 e. The molecular formula is C13H18N4O. The molecular weight excluding hydrogens is 228 g/mol. The molecule has 1 saturated heterocycles. The molecule has 3 heterocycles. The quantitative estimate of drug-likeness (QED) is 0.859. The van der Waals surface area contributed by atoms with Crippen LogP contribution in [-0.4, -0.2) is 39.8 Å². The Balaban J connectivity index is 1.78. The second kappa shape index (κ2) is 4.94. The van der Waals surface area contributed by atoms with Crippen LogP contribution in [0.4, 0.5) is 5.82 Å². The lowest BCUT2D eigenvalue weighted by molar-refractivity contribution is 0.274. The first-order valence-electron chi connectivity index (χ1n) is 6.52. The number of nitrogens with one attached hydrogen (secondary N) is 1. The van der Waals surface area contributed by atoms with Crippen LogP contribution in [0.3, 0.4) is 0 Å². The summed E-state index contributed by atoms with van der Waals surface area (Å²) in [5.41, 5.74) is 0.902. The smallest absolute Gasteiger partial charge is 0.142 e. The van der Waals surface area contributed by atoms with Gasteiger partial charge in [0.2, 0.25) is 0 Å². The van der Waals surface area contributed by atoms with Gasteiger partial charge in [0.05, 0.1) is 5.39 Å². The average Bonchev–Trinajstić information content (AvgIpc) is 3.04. The Hall–Kier alpha value is -1.62. The standard InChI is InChI=1S/C13H18N4O/c18-7-1-2-10-4-6-17(8-10)13-11-3-5-14-12(11)15-9-16-13/h3,5,9-10,18H,1-2,4,6-8H2,(H,14,15,16). The summed E-state index contributed by atoms with van der Waals surface area (Å²) in [5.74, 6) is 1.72. The van der Waals surface area contributed by atoms with E-state index in [1.807, 2.05) is 12.3 Å². The Bertz CT molecular complexity index is 524. The molecule has 5 heteroatoms. The first kappa shape index (κ1) is 11.5. The van der Waals surface area contributed by atoms with Gasteiger partial charge in [-0.1, -0.05) is 0 Å². The Morgan fingerprint density at radius 2 is 2.39 bits per heavy atom. The highest BCUT2D eigenvalue weighted by Gasteiger charge is 2.24. The van der Waals surface area contributed by atoms with Crippen molar-refractivity contribution in [3.8, 4) is 0 Å². The molecule has 2 aromatic heterocycles. The third kappa shape index (κ3) is 2.06. The number of hydrogen-bond donors (Lipinski definition) is 2. The van der Waals surface area contributed by atoms with Crippen molar-refractivity contribution in [3.63, 3.8) is 0 Å². The Morgan fingerprint density at radius 1 is 1.44 bits per heavy atom. The predicted molar refractivity (Wildman–Crippen MR) is 70.5 cm³/mol. The second-order valence-corrected chi connectivity index (χ2v) is 4.90. The lowest BCUT2D eigenvalue weighted by atomic mass is 10.0. The molecule has 0 aliphatic carbocycles. The monoisotopic (exact) mass is 246 g/mol. The number of rotatable bonds is 4. The zero-order valence-corrected chi connectivity index (χ0v) is 10.3. The molecule has 1 aliphatic rings. The highest BCUT2D eigenvalue weighted by Crippen LogP contribution is 2.29. The molecule has 0 bridgehead atoms. The molecule has 2 N–H and O–H groups in total. The number of aromatic amines is 1. The zero-order chi connectivity index (χ0) is 12.4. The highest BCUT2D eigenvalue weighted by molar-refractivity contribution is 5.87. The van der Waals surface area contributed by atoms with Gasteiger partial charge in [-0.25, -0.2) is 9.97 Å². The molecule has 0 radical (unpaired) electrons. The van der Waals surface area contributed by atoms with Crippen LogP contribution in [-0.2, 0) is 0 Å². The summed E-state index contributed by atoms with van der Waals surface area (Å²) >= 11 is 0. The number of aromatic nitrogens is 3. The molecule has 5 nitrogen and oxygen atoms in total. The van der Waals surface area contributed by atoms with E-state index < -0.39 is 0 Å². The van der Waals surface area contributed by atoms with Crippen molar-refractivity contribution < 1.29 is 5.11 Å². The van der Waals surface area contributed by atoms with Gasteiger partial charge in [-0.15, -0.1) is 0 Å². The van der Waals surface area contributed by atoms with E-state index in [2.05, 4.69) is 19.9 Å². The van der Waals surface area contributed by atoms with Crippen molar-refractivity contribution in [1.29, 1.82) is 0 Å². The van der Waals surface area contributed by atoms with Crippen molar-refractivity contribution in [2.75, 3.05) is 24.6 Å². The van der Waals surface area contributed by atoms with E-state index >= 15 is 0 Å². The summed E-state index contributed by atoms with van der Waals surface area (Å²) in [6.45, 7) is 2.39. The van der Waals surface area contributed by atoms with Crippen LogP contribution in [0.1, 0.15) is 19.3 Å². The van der Waals surface area contributed by atoms with Gasteiger partial charge in [-0.05, 0) is 31.2 Å². The lowest BCUT2D eigenvalue weighted by Crippen LogP contribution is -2.21. The van der Waals surface area contributed by atoms with Gasteiger partial charge in [-0.3, -0.25) is 0 Å². The van der Waals surface area contributed by atoms with Crippen LogP contribution in [0.2, 0.25) is 0 Å². The molecule has 1 unspecified atom stereocenters. The fourth-order valence-electron chi connectivity index (χ4n) is 2.75. The van der Waals surface area contributed by atoms with E-state index in [4.69, 9.17) is 5.11 Å². The molecule has 0 saturated carbocycles. The largest absolute Gasteiger partial charge is 0.396 e. The lowest BCUT2D eigenvalue weighted by Gasteiger charge is -2.18. The van der Waals surface area contributed by atoms with Crippen LogP contribution in [0.5, 0.6) is 0 Å². The van der Waals surface area contributed by atoms with Crippen molar-refractivity contribution in [3.05, 3.63) is 18.6 Å². The molecule has 0 aromatic carbocycles. The molecule has 1 aliphatic heterocycles. The topological polar surface area (TPSA) is 65.0 Å². The fourth-order valence-corrected chi connectivity index (χ4v) is 2.75. The van der Waals surface area contributed by atoms with E-state index in [9.17, 15) is 0 Å². The number of nitrogens with zero attached hydrogens (tertiary/aromatic N) is 3. The van der Waals surface area contributed by atoms with E-state index in [0.29, 0.717) is 12.5 Å². The van der Waals surface area contributed by atoms with Crippen LogP contribution in [0.25, 0.3) is 11.0 Å². The molecule has 0 amide bonds. The van der Waals surface area contributed by atoms with Gasteiger partial charge in [0, 0.05) is 25.9 Å². The number of anilines is 1. The maximum atomic E-state index is 8.88. The van der Waals surface area contributed by atoms with Gasteiger partial charge in [0.15, 0.2) is 0 Å². The summed E-state index contributed by atoms with van der Waals surface area (Å²) in [6.07, 6.45) is 6.73. The van der Waals surface area contributed by atoms with Gasteiger partial charge in [-0.2, -0.15) is 0 Å². The molecule has 0 spiro atoms. The second-order valence-electron chi connectivity index (χ2n) is 4.90. The summed E-state index contributed by atoms with van der Waals surface area (Å²) in [5, 5.41) is 9.98. The van der Waals surface area contributed by atoms with E-state index in [-0.39, 0.29) is 0 Å². The van der Waals surface area contributed by atoms with Crippen molar-refractivity contribution >= 4 is 16.9 Å². The minimum absolute atomic E-state index is 0.298. The number of fused-ring (bicyclic) bond motifs is 1. The van der Waals surface area contributed by atoms with Gasteiger partial charge >= 0.3 is 0 Å². The first-order valence-corrected chi connectivity index (χ1v) is 6.52. The summed E-state index contributed by atoms with van der Waals surface area (Å²) in [7, 11) is 0. The normalized spacial score (nSPS) is 19.8. The van der Waals surface area contributed by atoms with Crippen LogP contribution < -0.4 is 4.90 Å². The first-order chi connectivity index (χ1) is 8.88. The third-order valence-corrected chi connectivity index (χ3v) is 3.69. The average molecular weight is 246 g/mol. The summed E-state index contributed by atoms with van der Waals surface area (Å²) in [6, 6.07) is 2.03. The number of aliphatic hydroxyl groups excluding tert-OH is 1. The predicted octanol–water partition coefficient (Wildman–Crippen LogP) is 1.56. The van der Waals surface area contributed by atoms with Crippen molar-refractivity contribution in [2.45, 2.75) is 19.3 Å². The molecule has 2 aromatic rings. The molecule has 1 atom stereocenters. The minimum atomic E-state index is 0.298. The van der Waals surface area contributed by atoms with E-state index in [1.165, 1.54) is 6.42 Å². The Morgan fingerprint density at radius 3 is 3.28 bits per heavy atom. The third-order valence-electron chi connectivity index (χ3n) is 3.69. The maximum absolute atomic E-state index is 8.88. The van der Waals surface area contributed by atoms with Gasteiger partial charge in [0.25, 0.3) is 0 Å². The van der Waals surface area contributed by atoms with Gasteiger partial charge in [0.1, 0.15) is 17.8 Å². The number of H-pyrrole nitrogens is 1. The Kier molecular flexibility index (Phi) is 3.15. The molecule has 18 heavy (non-hydrogen) atoms. The summed E-state index contributed by atoms with van der Waals surface area (Å²) < 4.78 is 0. The van der Waals surface area contributed by atoms with Crippen LogP contribution >= 0.6 is 0 Å². The molecule has 1 fully saturated rings. The number of hydrogen-bond acceptors (Lipinski definition) is 4. The van der Waals surface area contributed by atoms with E-state index in [0.717, 1.165) is 42.8 Å². The number of aliphatic hydroxyl groups is 1. The molecule has 3 rings (SSSR count). The maximum Gasteiger partial charge on any atom is 0.142 e. The fraction of sp³-hybridized carbons (Fsp3) is 0.538. The van der Waals surface area contributed by atoms with Gasteiger partial charge < -0.3 is 15.0 Å². The van der Waals surface area contributed by atoms with Crippen molar-refractivity contribution in [2.24, 2.45) is 5.92 Å². The van der Waals surface area contributed by atoms with Crippen LogP contribution in [0.15, 0.2) is 18.6 Å². The van der Waals surface area contributed by atoms with Crippen molar-refractivity contribution in [1.82, 2.24) is 15.0 Å². The van der Waals surface area contributed by atoms with E-state index in [1.54, 1.807) is 6.33 Å². The van der Waals surface area contributed by atoms with Crippen LogP contribution in [0, 0.1) is 5.92 Å².